The van der Waals surface area contributed by atoms with Gasteiger partial charge in [-0.05, 0) is 37.5 Å². The molecule has 1 saturated heterocycles. The van der Waals surface area contributed by atoms with Crippen molar-refractivity contribution in [2.24, 2.45) is 0 Å². The number of aliphatic carboxylic acids is 1. The Morgan fingerprint density at radius 3 is 2.86 bits per heavy atom. The first-order valence-corrected chi connectivity index (χ1v) is 6.89. The lowest BCUT2D eigenvalue weighted by atomic mass is 10.0. The number of rotatable bonds is 2. The molecule has 1 aromatic carbocycles. The van der Waals surface area contributed by atoms with Gasteiger partial charge in [0.15, 0.2) is 0 Å². The summed E-state index contributed by atoms with van der Waals surface area (Å²) in [6, 6.07) is 5.21. The molecule has 1 aromatic heterocycles. The molecule has 1 fully saturated rings. The number of aromatic amines is 1. The normalized spacial score (nSPS) is 18.9. The molecule has 1 amide bonds. The third-order valence-corrected chi connectivity index (χ3v) is 3.89. The number of nitrogens with one attached hydrogen (secondary N) is 1. The Balaban J connectivity index is 1.95. The molecule has 1 atom stereocenters. The van der Waals surface area contributed by atoms with Crippen LogP contribution in [-0.2, 0) is 4.79 Å². The van der Waals surface area contributed by atoms with Gasteiger partial charge in [-0.25, -0.2) is 9.18 Å². The molecule has 3 rings (SSSR count). The number of carbonyl (C=O) groups excluding carboxylic acids is 1. The van der Waals surface area contributed by atoms with E-state index in [2.05, 4.69) is 4.98 Å². The van der Waals surface area contributed by atoms with Crippen LogP contribution in [0.2, 0.25) is 0 Å². The molecule has 0 aliphatic carbocycles. The van der Waals surface area contributed by atoms with Gasteiger partial charge in [0.05, 0.1) is 0 Å². The van der Waals surface area contributed by atoms with Crippen LogP contribution in [-0.4, -0.2) is 39.5 Å². The third-order valence-electron chi connectivity index (χ3n) is 3.89. The molecule has 0 bridgehead atoms. The summed E-state index contributed by atoms with van der Waals surface area (Å²) in [6.45, 7) is 0.410. The highest BCUT2D eigenvalue weighted by Crippen LogP contribution is 2.23. The predicted octanol–water partition coefficient (Wildman–Crippen LogP) is 2.39. The van der Waals surface area contributed by atoms with Gasteiger partial charge >= 0.3 is 5.97 Å². The van der Waals surface area contributed by atoms with Crippen molar-refractivity contribution in [3.8, 4) is 0 Å². The van der Waals surface area contributed by atoms with E-state index in [0.29, 0.717) is 23.9 Å². The summed E-state index contributed by atoms with van der Waals surface area (Å²) >= 11 is 0. The van der Waals surface area contributed by atoms with Crippen molar-refractivity contribution in [3.05, 3.63) is 35.8 Å². The summed E-state index contributed by atoms with van der Waals surface area (Å²) in [5.74, 6) is -1.79. The zero-order chi connectivity index (χ0) is 15.0. The fourth-order valence-corrected chi connectivity index (χ4v) is 2.82. The lowest BCUT2D eigenvalue weighted by Crippen LogP contribution is -2.48. The number of hydrogen-bond acceptors (Lipinski definition) is 2. The van der Waals surface area contributed by atoms with E-state index >= 15 is 0 Å². The maximum absolute atomic E-state index is 13.7. The number of piperidine rings is 1. The van der Waals surface area contributed by atoms with Crippen LogP contribution in [0.4, 0.5) is 4.39 Å². The Bertz CT molecular complexity index is 710. The molecule has 5 nitrogen and oxygen atoms in total. The van der Waals surface area contributed by atoms with Gasteiger partial charge in [0.25, 0.3) is 5.91 Å². The van der Waals surface area contributed by atoms with Crippen LogP contribution in [0.5, 0.6) is 0 Å². The van der Waals surface area contributed by atoms with Crippen molar-refractivity contribution in [1.82, 2.24) is 9.88 Å². The molecule has 110 valence electrons. The number of aromatic nitrogens is 1. The van der Waals surface area contributed by atoms with Crippen molar-refractivity contribution >= 4 is 22.8 Å². The Kier molecular flexibility index (Phi) is 3.37. The van der Waals surface area contributed by atoms with Crippen LogP contribution in [0.25, 0.3) is 10.9 Å². The Hall–Kier alpha value is -2.37. The van der Waals surface area contributed by atoms with E-state index in [1.54, 1.807) is 12.1 Å². The topological polar surface area (TPSA) is 73.4 Å². The molecule has 0 spiro atoms. The number of carboxylic acid groups (broad SMARTS) is 1. The molecule has 21 heavy (non-hydrogen) atoms. The van der Waals surface area contributed by atoms with Crippen LogP contribution < -0.4 is 0 Å². The van der Waals surface area contributed by atoms with Crippen molar-refractivity contribution in [2.45, 2.75) is 25.3 Å². The zero-order valence-corrected chi connectivity index (χ0v) is 11.3. The molecule has 1 unspecified atom stereocenters. The van der Waals surface area contributed by atoms with E-state index in [9.17, 15) is 19.1 Å². The lowest BCUT2D eigenvalue weighted by Gasteiger charge is -2.32. The molecule has 0 saturated carbocycles. The van der Waals surface area contributed by atoms with Gasteiger partial charge in [0.2, 0.25) is 0 Å². The average molecular weight is 290 g/mol. The van der Waals surface area contributed by atoms with Crippen molar-refractivity contribution < 1.29 is 19.1 Å². The maximum atomic E-state index is 13.7. The van der Waals surface area contributed by atoms with Gasteiger partial charge in [-0.2, -0.15) is 0 Å². The summed E-state index contributed by atoms with van der Waals surface area (Å²) < 4.78 is 13.7. The number of hydrogen-bond donors (Lipinski definition) is 2. The fraction of sp³-hybridized carbons (Fsp3) is 0.333. The minimum absolute atomic E-state index is 0.225. The number of fused-ring (bicyclic) bond motifs is 1. The molecule has 1 aliphatic heterocycles. The van der Waals surface area contributed by atoms with Crippen molar-refractivity contribution in [1.29, 1.82) is 0 Å². The largest absolute Gasteiger partial charge is 0.480 e. The summed E-state index contributed by atoms with van der Waals surface area (Å²) in [5.41, 5.74) is 0.755. The predicted molar refractivity (Wildman–Crippen MR) is 74.6 cm³/mol. The molecule has 6 heteroatoms. The van der Waals surface area contributed by atoms with Crippen LogP contribution >= 0.6 is 0 Å². The quantitative estimate of drug-likeness (QED) is 0.892. The second-order valence-electron chi connectivity index (χ2n) is 5.23. The number of halogens is 1. The number of carboxylic acids is 1. The van der Waals surface area contributed by atoms with Crippen LogP contribution in [0, 0.1) is 5.82 Å². The van der Waals surface area contributed by atoms with E-state index in [1.165, 1.54) is 17.0 Å². The van der Waals surface area contributed by atoms with Gasteiger partial charge in [-0.1, -0.05) is 6.07 Å². The first kappa shape index (κ1) is 13.6. The molecule has 1 aliphatic rings. The summed E-state index contributed by atoms with van der Waals surface area (Å²) in [6.07, 6.45) is 2.03. The molecular weight excluding hydrogens is 275 g/mol. The standard InChI is InChI=1S/C15H15FN2O3/c16-10-4-3-5-11-9(10)8-12(17-11)14(19)18-7-2-1-6-13(18)15(20)21/h3-5,8,13,17H,1-2,6-7H2,(H,20,21). The van der Waals surface area contributed by atoms with E-state index < -0.39 is 23.7 Å². The first-order valence-electron chi connectivity index (χ1n) is 6.89. The van der Waals surface area contributed by atoms with Crippen molar-refractivity contribution in [2.75, 3.05) is 6.54 Å². The molecule has 2 heterocycles. The number of likely N-dealkylation sites (tertiary alicyclic amines) is 1. The van der Waals surface area contributed by atoms with Gasteiger partial charge in [-0.3, -0.25) is 4.79 Å². The number of carbonyl (C=O) groups is 2. The summed E-state index contributed by atoms with van der Waals surface area (Å²) in [5, 5.41) is 9.56. The molecule has 2 N–H and O–H groups in total. The maximum Gasteiger partial charge on any atom is 0.326 e. The monoisotopic (exact) mass is 290 g/mol. The van der Waals surface area contributed by atoms with E-state index in [0.717, 1.165) is 12.8 Å². The average Bonchev–Trinajstić information content (AvgIpc) is 2.92. The van der Waals surface area contributed by atoms with Crippen LogP contribution in [0.3, 0.4) is 0 Å². The van der Waals surface area contributed by atoms with Gasteiger partial charge in [0, 0.05) is 17.4 Å². The smallest absolute Gasteiger partial charge is 0.326 e. The Morgan fingerprint density at radius 1 is 1.33 bits per heavy atom. The summed E-state index contributed by atoms with van der Waals surface area (Å²) in [7, 11) is 0. The van der Waals surface area contributed by atoms with E-state index in [1.807, 2.05) is 0 Å². The molecular formula is C15H15FN2O3. The van der Waals surface area contributed by atoms with E-state index in [-0.39, 0.29) is 5.69 Å². The van der Waals surface area contributed by atoms with Crippen LogP contribution in [0.15, 0.2) is 24.3 Å². The van der Waals surface area contributed by atoms with Crippen molar-refractivity contribution in [3.63, 3.8) is 0 Å². The second kappa shape index (κ2) is 5.20. The highest BCUT2D eigenvalue weighted by atomic mass is 19.1. The number of H-pyrrole nitrogens is 1. The van der Waals surface area contributed by atoms with Gasteiger partial charge < -0.3 is 15.0 Å². The highest BCUT2D eigenvalue weighted by molar-refractivity contribution is 5.99. The van der Waals surface area contributed by atoms with Gasteiger partial charge in [0.1, 0.15) is 17.6 Å². The third kappa shape index (κ3) is 2.37. The minimum Gasteiger partial charge on any atom is -0.480 e. The number of amides is 1. The first-order chi connectivity index (χ1) is 10.1. The SMILES string of the molecule is O=C(O)C1CCCCN1C(=O)c1cc2c(F)cccc2[nH]1. The second-order valence-corrected chi connectivity index (χ2v) is 5.23. The van der Waals surface area contributed by atoms with Crippen LogP contribution in [0.1, 0.15) is 29.8 Å². The number of benzene rings is 1. The lowest BCUT2D eigenvalue weighted by molar-refractivity contribution is -0.143. The highest BCUT2D eigenvalue weighted by Gasteiger charge is 2.33. The van der Waals surface area contributed by atoms with E-state index in [4.69, 9.17) is 0 Å². The number of nitrogens with zero attached hydrogens (tertiary/aromatic N) is 1. The Labute approximate surface area is 120 Å². The summed E-state index contributed by atoms with van der Waals surface area (Å²) in [4.78, 5) is 28.0. The molecule has 0 radical (unpaired) electrons. The zero-order valence-electron chi connectivity index (χ0n) is 11.3. The minimum atomic E-state index is -0.995. The van der Waals surface area contributed by atoms with Gasteiger partial charge in [-0.15, -0.1) is 0 Å². The Morgan fingerprint density at radius 2 is 2.14 bits per heavy atom. The molecule has 2 aromatic rings. The fourth-order valence-electron chi connectivity index (χ4n) is 2.82.